The van der Waals surface area contributed by atoms with Crippen LogP contribution in [-0.2, 0) is 9.31 Å². The number of para-hydroxylation sites is 6. The molecule has 542 valence electrons. The van der Waals surface area contributed by atoms with Crippen molar-refractivity contribution in [1.29, 1.82) is 10.5 Å². The minimum absolute atomic E-state index is 0.155. The van der Waals surface area contributed by atoms with Crippen LogP contribution in [0.5, 0.6) is 0 Å². The van der Waals surface area contributed by atoms with Gasteiger partial charge < -0.3 is 27.0 Å². The molecule has 1 saturated heterocycles. The van der Waals surface area contributed by atoms with E-state index in [1.165, 1.54) is 0 Å². The van der Waals surface area contributed by atoms with Crippen molar-refractivity contribution in [1.82, 2.24) is 29.9 Å². The number of rotatable bonds is 10. The number of aromatic nitrogens is 6. The van der Waals surface area contributed by atoms with Crippen molar-refractivity contribution in [2.24, 2.45) is 0 Å². The fraction of sp³-hybridized carbons (Fsp3) is 0.0612. The monoisotopic (exact) mass is 1490 g/mol. The Morgan fingerprint density at radius 2 is 0.596 bits per heavy atom. The lowest BCUT2D eigenvalue weighted by Gasteiger charge is -2.32. The lowest BCUT2D eigenvalue weighted by molar-refractivity contribution is 0.00578. The average Bonchev–Trinajstić information content (AvgIpc) is 1.55. The highest BCUT2D eigenvalue weighted by Gasteiger charge is 2.53. The third kappa shape index (κ3) is 12.8. The van der Waals surface area contributed by atoms with Gasteiger partial charge in [-0.3, -0.25) is 0 Å². The zero-order chi connectivity index (χ0) is 77.2. The topological polar surface area (TPSA) is 196 Å². The van der Waals surface area contributed by atoms with E-state index in [1.807, 2.05) is 218 Å². The molecule has 0 unspecified atom stereocenters. The Morgan fingerprint density at radius 1 is 0.272 bits per heavy atom. The van der Waals surface area contributed by atoms with Gasteiger partial charge >= 0.3 is 7.12 Å². The smallest absolute Gasteiger partial charge is 0.456 e. The molecule has 0 radical (unpaired) electrons. The van der Waals surface area contributed by atoms with Gasteiger partial charge in [0, 0.05) is 59.7 Å². The van der Waals surface area contributed by atoms with Crippen molar-refractivity contribution in [3.8, 4) is 114 Å². The van der Waals surface area contributed by atoms with E-state index in [2.05, 4.69) is 152 Å². The molecule has 7 heterocycles. The van der Waals surface area contributed by atoms with Gasteiger partial charge in [0.05, 0.1) is 51.2 Å². The van der Waals surface area contributed by atoms with Crippen LogP contribution >= 0.6 is 11.6 Å². The number of hydrogen-bond donors (Lipinski definition) is 0. The molecule has 1 aliphatic rings. The van der Waals surface area contributed by atoms with E-state index in [4.69, 9.17) is 58.8 Å². The van der Waals surface area contributed by atoms with Crippen LogP contribution in [0, 0.1) is 22.7 Å². The molecule has 21 rings (SSSR count). The van der Waals surface area contributed by atoms with Gasteiger partial charge in [0.15, 0.2) is 29.1 Å². The van der Waals surface area contributed by atoms with Crippen molar-refractivity contribution in [3.05, 3.63) is 332 Å². The predicted molar refractivity (Wildman–Crippen MR) is 454 cm³/mol. The average molecular weight is 1500 g/mol. The minimum atomic E-state index is -0.563. The number of hydrogen-bond acceptors (Lipinski definition) is 14. The van der Waals surface area contributed by atoms with Crippen LogP contribution in [0.4, 0.5) is 0 Å². The summed E-state index contributed by atoms with van der Waals surface area (Å²) in [6.07, 6.45) is 0. The van der Waals surface area contributed by atoms with Gasteiger partial charge in [0.1, 0.15) is 44.7 Å². The third-order valence-electron chi connectivity index (χ3n) is 21.5. The lowest BCUT2D eigenvalue weighted by Crippen LogP contribution is -2.41. The maximum Gasteiger partial charge on any atom is 0.499 e. The summed E-state index contributed by atoms with van der Waals surface area (Å²) in [6.45, 7) is 8.27. The van der Waals surface area contributed by atoms with Gasteiger partial charge in [0.25, 0.3) is 0 Å². The minimum Gasteiger partial charge on any atom is -0.456 e. The number of halogens is 1. The number of benzene rings is 14. The van der Waals surface area contributed by atoms with Crippen molar-refractivity contribution >= 4 is 112 Å². The van der Waals surface area contributed by atoms with E-state index in [9.17, 15) is 5.26 Å². The Labute approximate surface area is 659 Å². The lowest BCUT2D eigenvalue weighted by atomic mass is 9.73. The fourth-order valence-corrected chi connectivity index (χ4v) is 15.2. The predicted octanol–water partition coefficient (Wildman–Crippen LogP) is 24.7. The molecule has 114 heavy (non-hydrogen) atoms. The zero-order valence-corrected chi connectivity index (χ0v) is 62.8. The highest BCUT2D eigenvalue weighted by Crippen LogP contribution is 2.46. The van der Waals surface area contributed by atoms with E-state index in [0.717, 1.165) is 160 Å². The normalized spacial score (nSPS) is 13.0. The first kappa shape index (κ1) is 70.0. The van der Waals surface area contributed by atoms with Crippen LogP contribution in [0.3, 0.4) is 0 Å². The second-order valence-electron chi connectivity index (χ2n) is 28.9. The second-order valence-corrected chi connectivity index (χ2v) is 29.3. The molecule has 0 aliphatic carbocycles. The first-order valence-corrected chi connectivity index (χ1v) is 37.7. The van der Waals surface area contributed by atoms with Crippen LogP contribution in [-0.4, -0.2) is 48.2 Å². The molecule has 14 nitrogen and oxygen atoms in total. The Morgan fingerprint density at radius 3 is 1.05 bits per heavy atom. The number of furan rings is 4. The summed E-state index contributed by atoms with van der Waals surface area (Å²) >= 11 is 6.19. The summed E-state index contributed by atoms with van der Waals surface area (Å²) in [7, 11) is -0.563. The SMILES string of the molecule is CC1(C)OB(c2c(-c3ccc(-c4ccc(C#N)cc4)cc3)ccc3c2oc2ccccc23)OC1(C)C.Clc1nc(-c2ccccc2)nc(-c2cccc3c2oc2ccccc23)n1.N#Cc1ccc(-c2ccc(-c3ccc4c(oc5ccccc54)c3-c3nc(-c4ccccc4)nc(-c4cccc5c4oc4ccccc45)n3)cc2)cc1. The van der Waals surface area contributed by atoms with Gasteiger partial charge in [-0.1, -0.05) is 243 Å². The number of nitriles is 2. The van der Waals surface area contributed by atoms with Crippen molar-refractivity contribution in [2.45, 2.75) is 38.9 Å². The third-order valence-corrected chi connectivity index (χ3v) is 21.7. The number of fused-ring (bicyclic) bond motifs is 12. The highest BCUT2D eigenvalue weighted by atomic mass is 35.5. The highest BCUT2D eigenvalue weighted by molar-refractivity contribution is 6.67. The second kappa shape index (κ2) is 28.8. The molecular weight excluding hydrogens is 1430 g/mol. The molecular formula is C98H64BClN8O6. The molecule has 1 fully saturated rings. The van der Waals surface area contributed by atoms with Crippen LogP contribution < -0.4 is 5.46 Å². The molecule has 20 aromatic rings. The Hall–Kier alpha value is -14.4. The molecule has 0 bridgehead atoms. The first-order chi connectivity index (χ1) is 55.8. The molecule has 14 aromatic carbocycles. The van der Waals surface area contributed by atoms with Crippen LogP contribution in [0.1, 0.15) is 38.8 Å². The Bertz CT molecular complexity index is 7200. The number of nitrogens with zero attached hydrogens (tertiary/aromatic N) is 8. The molecule has 6 aromatic heterocycles. The van der Waals surface area contributed by atoms with Gasteiger partial charge in [-0.25, -0.2) is 19.9 Å². The van der Waals surface area contributed by atoms with E-state index in [0.29, 0.717) is 45.8 Å². The van der Waals surface area contributed by atoms with Crippen molar-refractivity contribution in [2.75, 3.05) is 0 Å². The molecule has 0 atom stereocenters. The van der Waals surface area contributed by atoms with Gasteiger partial charge in [-0.2, -0.15) is 20.5 Å². The summed E-state index contributed by atoms with van der Waals surface area (Å²) in [5.74, 6) is 2.57. The van der Waals surface area contributed by atoms with Crippen molar-refractivity contribution < 1.29 is 27.0 Å². The zero-order valence-electron chi connectivity index (χ0n) is 62.0. The Kier molecular flexibility index (Phi) is 17.7. The van der Waals surface area contributed by atoms with E-state index < -0.39 is 18.3 Å². The van der Waals surface area contributed by atoms with Crippen LogP contribution in [0.25, 0.3) is 189 Å². The van der Waals surface area contributed by atoms with Gasteiger partial charge in [0.2, 0.25) is 5.28 Å². The largest absolute Gasteiger partial charge is 0.499 e. The molecule has 0 saturated carbocycles. The molecule has 0 amide bonds. The van der Waals surface area contributed by atoms with Gasteiger partial charge in [-0.05, 0) is 157 Å². The summed E-state index contributed by atoms with van der Waals surface area (Å²) in [4.78, 5) is 28.7. The molecule has 16 heteroatoms. The molecule has 1 aliphatic heterocycles. The Balaban J connectivity index is 0.000000122. The summed E-state index contributed by atoms with van der Waals surface area (Å²) in [6, 6.07) is 109. The van der Waals surface area contributed by atoms with Crippen LogP contribution in [0.2, 0.25) is 5.28 Å². The van der Waals surface area contributed by atoms with Crippen LogP contribution in [0.15, 0.2) is 333 Å². The molecule has 0 N–H and O–H groups in total. The molecule has 0 spiro atoms. The summed E-state index contributed by atoms with van der Waals surface area (Å²) in [5.41, 5.74) is 19.8. The summed E-state index contributed by atoms with van der Waals surface area (Å²) < 4.78 is 38.7. The quantitative estimate of drug-likeness (QED) is 0.117. The summed E-state index contributed by atoms with van der Waals surface area (Å²) in [5, 5.41) is 26.8. The maximum absolute atomic E-state index is 9.27. The maximum atomic E-state index is 9.27. The van der Waals surface area contributed by atoms with E-state index in [-0.39, 0.29) is 5.28 Å². The fourth-order valence-electron chi connectivity index (χ4n) is 15.0. The van der Waals surface area contributed by atoms with E-state index >= 15 is 0 Å². The standard InChI is InChI=1S/C46H26N4O2.C31H26BNO3.C21H12ClN3O/c47-27-28-17-19-29(20-18-28)30-21-23-31(24-22-30)33-25-26-37-35-12-5-7-16-40(35)52-43(37)41(33)46-49-44(32-9-2-1-3-10-32)48-45(50-46)38-14-8-13-36-34-11-4-6-15-39(34)51-42(36)38;1-30(2)31(3,4)36-32(35-30)28-24(17-18-26-25-7-5-6-8-27(25)34-29(26)28)23-15-13-22(14-16-23)21-11-9-20(19-33)10-12-21;22-21-24-19(13-7-2-1-3-8-13)23-20(25-21)16-11-6-10-15-14-9-4-5-12-17(14)26-18(15)16/h1-26H;5-18H,1-4H3;1-12H. The first-order valence-electron chi connectivity index (χ1n) is 37.3. The van der Waals surface area contributed by atoms with Gasteiger partial charge in [-0.15, -0.1) is 0 Å². The van der Waals surface area contributed by atoms with Crippen molar-refractivity contribution in [3.63, 3.8) is 0 Å². The van der Waals surface area contributed by atoms with E-state index in [1.54, 1.807) is 0 Å².